The van der Waals surface area contributed by atoms with Crippen molar-refractivity contribution in [2.75, 3.05) is 20.2 Å². The van der Waals surface area contributed by atoms with Crippen LogP contribution >= 0.6 is 0 Å². The summed E-state index contributed by atoms with van der Waals surface area (Å²) in [6.07, 6.45) is 22.8. The van der Waals surface area contributed by atoms with Gasteiger partial charge in [-0.1, -0.05) is 76.9 Å². The monoisotopic (exact) mass is 355 g/mol. The average molecular weight is 356 g/mol. The van der Waals surface area contributed by atoms with Crippen LogP contribution in [0.15, 0.2) is 12.2 Å². The zero-order valence-corrected chi connectivity index (χ0v) is 16.7. The van der Waals surface area contributed by atoms with Crippen LogP contribution in [-0.2, 0) is 9.63 Å². The van der Waals surface area contributed by atoms with E-state index in [2.05, 4.69) is 19.1 Å². The third-order valence-corrected chi connectivity index (χ3v) is 4.33. The van der Waals surface area contributed by atoms with Crippen molar-refractivity contribution < 1.29 is 14.7 Å². The Kier molecular flexibility index (Phi) is 18.8. The molecule has 0 atom stereocenters. The van der Waals surface area contributed by atoms with Crippen LogP contribution in [0, 0.1) is 0 Å². The fourth-order valence-corrected chi connectivity index (χ4v) is 2.81. The summed E-state index contributed by atoms with van der Waals surface area (Å²) in [7, 11) is 1.66. The van der Waals surface area contributed by atoms with Crippen molar-refractivity contribution in [1.29, 1.82) is 0 Å². The van der Waals surface area contributed by atoms with Crippen LogP contribution in [0.1, 0.15) is 96.8 Å². The molecule has 0 radical (unpaired) electrons. The molecule has 0 unspecified atom stereocenters. The minimum atomic E-state index is -0.858. The molecule has 0 amide bonds. The molecule has 1 N–H and O–H groups in total. The molecular formula is C21H41NO3. The summed E-state index contributed by atoms with van der Waals surface area (Å²) < 4.78 is 0. The predicted molar refractivity (Wildman–Crippen MR) is 106 cm³/mol. The summed E-state index contributed by atoms with van der Waals surface area (Å²) >= 11 is 0. The van der Waals surface area contributed by atoms with E-state index in [0.29, 0.717) is 6.61 Å². The molecular weight excluding hydrogens is 314 g/mol. The fourth-order valence-electron chi connectivity index (χ4n) is 2.81. The van der Waals surface area contributed by atoms with Crippen LogP contribution in [0.3, 0.4) is 0 Å². The van der Waals surface area contributed by atoms with E-state index in [1.165, 1.54) is 82.1 Å². The molecule has 148 valence electrons. The molecule has 25 heavy (non-hydrogen) atoms. The van der Waals surface area contributed by atoms with Gasteiger partial charge in [-0.3, -0.25) is 9.63 Å². The van der Waals surface area contributed by atoms with Crippen LogP contribution < -0.4 is 0 Å². The molecule has 0 bridgehead atoms. The number of hydrogen-bond donors (Lipinski definition) is 1. The zero-order chi connectivity index (χ0) is 18.6. The first kappa shape index (κ1) is 24.1. The lowest BCUT2D eigenvalue weighted by Gasteiger charge is -2.13. The normalized spacial score (nSPS) is 11.6. The Balaban J connectivity index is 3.15. The number of unbranched alkanes of at least 4 members (excludes halogenated alkanes) is 12. The molecule has 0 aliphatic carbocycles. The summed E-state index contributed by atoms with van der Waals surface area (Å²) in [6, 6.07) is 0. The number of aliphatic carboxylic acids is 1. The minimum Gasteiger partial charge on any atom is -0.480 e. The van der Waals surface area contributed by atoms with Crippen LogP contribution in [-0.4, -0.2) is 36.3 Å². The lowest BCUT2D eigenvalue weighted by atomic mass is 10.1. The van der Waals surface area contributed by atoms with Gasteiger partial charge in [0.1, 0.15) is 6.54 Å². The highest BCUT2D eigenvalue weighted by atomic mass is 16.7. The van der Waals surface area contributed by atoms with E-state index in [0.717, 1.165) is 12.8 Å². The number of carboxylic acid groups (broad SMARTS) is 1. The molecule has 0 spiro atoms. The van der Waals surface area contributed by atoms with Gasteiger partial charge in [0.15, 0.2) is 0 Å². The van der Waals surface area contributed by atoms with Gasteiger partial charge in [0.2, 0.25) is 0 Å². The van der Waals surface area contributed by atoms with E-state index in [-0.39, 0.29) is 6.54 Å². The first-order valence-electron chi connectivity index (χ1n) is 10.4. The Hall–Kier alpha value is -0.870. The van der Waals surface area contributed by atoms with Gasteiger partial charge in [0, 0.05) is 7.05 Å². The number of carbonyl (C=O) groups is 1. The Morgan fingerprint density at radius 2 is 1.32 bits per heavy atom. The Bertz CT molecular complexity index is 318. The van der Waals surface area contributed by atoms with E-state index in [1.807, 2.05) is 0 Å². The number of likely N-dealkylation sites (N-methyl/N-ethyl adjacent to an activating group) is 1. The van der Waals surface area contributed by atoms with Crippen molar-refractivity contribution in [3.63, 3.8) is 0 Å². The SMILES string of the molecule is CCCCCCCCC=CCCCCCCCCON(C)CC(=O)O. The van der Waals surface area contributed by atoms with Crippen molar-refractivity contribution in [3.8, 4) is 0 Å². The van der Waals surface area contributed by atoms with Gasteiger partial charge in [-0.15, -0.1) is 0 Å². The van der Waals surface area contributed by atoms with Crippen molar-refractivity contribution >= 4 is 5.97 Å². The van der Waals surface area contributed by atoms with E-state index in [1.54, 1.807) is 7.05 Å². The van der Waals surface area contributed by atoms with Crippen molar-refractivity contribution in [2.45, 2.75) is 96.8 Å². The first-order valence-corrected chi connectivity index (χ1v) is 10.4. The molecule has 0 aromatic carbocycles. The maximum Gasteiger partial charge on any atom is 0.320 e. The summed E-state index contributed by atoms with van der Waals surface area (Å²) in [4.78, 5) is 15.8. The maximum absolute atomic E-state index is 10.5. The van der Waals surface area contributed by atoms with Gasteiger partial charge in [-0.2, -0.15) is 5.06 Å². The summed E-state index contributed by atoms with van der Waals surface area (Å²) in [6.45, 7) is 2.82. The number of nitrogens with zero attached hydrogens (tertiary/aromatic N) is 1. The molecule has 4 heteroatoms. The molecule has 0 aromatic rings. The van der Waals surface area contributed by atoms with Gasteiger partial charge in [0.05, 0.1) is 6.61 Å². The quantitative estimate of drug-likeness (QED) is 0.176. The van der Waals surface area contributed by atoms with Gasteiger partial charge >= 0.3 is 5.97 Å². The molecule has 0 heterocycles. The lowest BCUT2D eigenvalue weighted by molar-refractivity contribution is -0.166. The zero-order valence-electron chi connectivity index (χ0n) is 16.7. The second-order valence-electron chi connectivity index (χ2n) is 6.95. The third kappa shape index (κ3) is 21.1. The number of rotatable bonds is 19. The lowest BCUT2D eigenvalue weighted by Crippen LogP contribution is -2.26. The number of allylic oxidation sites excluding steroid dienone is 2. The van der Waals surface area contributed by atoms with Crippen molar-refractivity contribution in [1.82, 2.24) is 5.06 Å². The van der Waals surface area contributed by atoms with Crippen LogP contribution in [0.2, 0.25) is 0 Å². The fraction of sp³-hybridized carbons (Fsp3) is 0.857. The van der Waals surface area contributed by atoms with Crippen LogP contribution in [0.25, 0.3) is 0 Å². The summed E-state index contributed by atoms with van der Waals surface area (Å²) in [5, 5.41) is 9.99. The van der Waals surface area contributed by atoms with Crippen molar-refractivity contribution in [3.05, 3.63) is 12.2 Å². The third-order valence-electron chi connectivity index (χ3n) is 4.33. The minimum absolute atomic E-state index is 0.0631. The summed E-state index contributed by atoms with van der Waals surface area (Å²) in [5.41, 5.74) is 0. The first-order chi connectivity index (χ1) is 12.2. The number of hydroxylamine groups is 2. The van der Waals surface area contributed by atoms with E-state index in [9.17, 15) is 4.79 Å². The van der Waals surface area contributed by atoms with E-state index < -0.39 is 5.97 Å². The smallest absolute Gasteiger partial charge is 0.320 e. The largest absolute Gasteiger partial charge is 0.480 e. The van der Waals surface area contributed by atoms with Gasteiger partial charge in [0.25, 0.3) is 0 Å². The highest BCUT2D eigenvalue weighted by Gasteiger charge is 2.03. The number of hydrogen-bond acceptors (Lipinski definition) is 3. The van der Waals surface area contributed by atoms with Crippen LogP contribution in [0.4, 0.5) is 0 Å². The Morgan fingerprint density at radius 1 is 0.840 bits per heavy atom. The average Bonchev–Trinajstić information content (AvgIpc) is 2.57. The van der Waals surface area contributed by atoms with Gasteiger partial charge < -0.3 is 5.11 Å². The highest BCUT2D eigenvalue weighted by molar-refractivity contribution is 5.68. The topological polar surface area (TPSA) is 49.8 Å². The van der Waals surface area contributed by atoms with Crippen molar-refractivity contribution in [2.24, 2.45) is 0 Å². The molecule has 4 nitrogen and oxygen atoms in total. The Morgan fingerprint density at radius 3 is 1.84 bits per heavy atom. The number of carboxylic acids is 1. The molecule has 0 rings (SSSR count). The highest BCUT2D eigenvalue weighted by Crippen LogP contribution is 2.10. The second kappa shape index (κ2) is 19.5. The molecule has 0 fully saturated rings. The van der Waals surface area contributed by atoms with E-state index >= 15 is 0 Å². The van der Waals surface area contributed by atoms with E-state index in [4.69, 9.17) is 9.94 Å². The van der Waals surface area contributed by atoms with Gasteiger partial charge in [-0.05, 0) is 32.1 Å². The summed E-state index contributed by atoms with van der Waals surface area (Å²) in [5.74, 6) is -0.858. The maximum atomic E-state index is 10.5. The molecule has 0 aliphatic rings. The molecule has 0 saturated heterocycles. The molecule has 0 aliphatic heterocycles. The second-order valence-corrected chi connectivity index (χ2v) is 6.95. The standard InChI is InChI=1S/C21H41NO3/c1-3-4-5-6-7-8-9-10-11-12-13-14-15-16-17-18-19-25-22(2)20-21(23)24/h10-11H,3-9,12-20H2,1-2H3,(H,23,24). The van der Waals surface area contributed by atoms with Gasteiger partial charge in [-0.25, -0.2) is 0 Å². The predicted octanol–water partition coefficient (Wildman–Crippen LogP) is 5.97. The Labute approximate surface area is 155 Å². The molecule has 0 saturated carbocycles. The van der Waals surface area contributed by atoms with Crippen LogP contribution in [0.5, 0.6) is 0 Å². The molecule has 0 aromatic heterocycles.